The average molecular weight is 295 g/mol. The van der Waals surface area contributed by atoms with Crippen LogP contribution in [0.5, 0.6) is 0 Å². The second kappa shape index (κ2) is 6.85. The van der Waals surface area contributed by atoms with E-state index < -0.39 is 11.8 Å². The van der Waals surface area contributed by atoms with Crippen LogP contribution in [0.1, 0.15) is 16.7 Å². The Morgan fingerprint density at radius 3 is 2.70 bits per heavy atom. The summed E-state index contributed by atoms with van der Waals surface area (Å²) in [7, 11) is 0. The van der Waals surface area contributed by atoms with E-state index in [-0.39, 0.29) is 6.04 Å². The maximum absolute atomic E-state index is 12.0. The molecule has 0 saturated carbocycles. The molecule has 0 radical (unpaired) electrons. The zero-order valence-corrected chi connectivity index (χ0v) is 12.8. The molecular weight excluding hydrogens is 274 g/mol. The summed E-state index contributed by atoms with van der Waals surface area (Å²) in [5.41, 5.74) is 0. The van der Waals surface area contributed by atoms with Crippen LogP contribution < -0.4 is 10.6 Å². The number of carbonyl (C=O) groups is 2. The second-order valence-electron chi connectivity index (χ2n) is 5.13. The molecule has 1 fully saturated rings. The van der Waals surface area contributed by atoms with E-state index in [1.54, 1.807) is 16.2 Å². The van der Waals surface area contributed by atoms with Crippen molar-refractivity contribution in [1.29, 1.82) is 0 Å². The smallest absolute Gasteiger partial charge is 0.311 e. The van der Waals surface area contributed by atoms with Crippen LogP contribution in [-0.2, 0) is 16.0 Å². The molecule has 1 aliphatic rings. The first-order valence-corrected chi connectivity index (χ1v) is 7.73. The van der Waals surface area contributed by atoms with Crippen LogP contribution in [-0.4, -0.2) is 48.9 Å². The summed E-state index contributed by atoms with van der Waals surface area (Å²) in [5, 5.41) is 5.95. The van der Waals surface area contributed by atoms with Crippen molar-refractivity contribution in [2.45, 2.75) is 26.3 Å². The van der Waals surface area contributed by atoms with E-state index in [1.807, 2.05) is 6.92 Å². The first kappa shape index (κ1) is 15.0. The summed E-state index contributed by atoms with van der Waals surface area (Å²) in [4.78, 5) is 28.0. The first-order chi connectivity index (χ1) is 9.56. The molecule has 1 unspecified atom stereocenters. The molecule has 1 atom stereocenters. The molecule has 5 nitrogen and oxygen atoms in total. The standard InChI is InChI=1S/C14H21N3O2S/c1-10(9-12-4-3-11(2)20-12)16-13(18)14(19)17-7-5-15-6-8-17/h3-4,10,15H,5-9H2,1-2H3,(H,16,18). The topological polar surface area (TPSA) is 61.4 Å². The Morgan fingerprint density at radius 2 is 2.10 bits per heavy atom. The number of carbonyl (C=O) groups excluding carboxylic acids is 2. The Labute approximate surface area is 123 Å². The minimum Gasteiger partial charge on any atom is -0.345 e. The number of thiophene rings is 1. The molecule has 2 N–H and O–H groups in total. The van der Waals surface area contributed by atoms with Gasteiger partial charge in [0.2, 0.25) is 0 Å². The number of rotatable bonds is 3. The molecule has 2 heterocycles. The largest absolute Gasteiger partial charge is 0.345 e. The molecule has 1 aliphatic heterocycles. The van der Waals surface area contributed by atoms with E-state index >= 15 is 0 Å². The van der Waals surface area contributed by atoms with Crippen LogP contribution in [0.3, 0.4) is 0 Å². The van der Waals surface area contributed by atoms with E-state index in [2.05, 4.69) is 29.7 Å². The van der Waals surface area contributed by atoms with Crippen LogP contribution in [0.15, 0.2) is 12.1 Å². The van der Waals surface area contributed by atoms with Gasteiger partial charge in [0.1, 0.15) is 0 Å². The summed E-state index contributed by atoms with van der Waals surface area (Å²) in [6.45, 7) is 6.70. The Morgan fingerprint density at radius 1 is 1.40 bits per heavy atom. The van der Waals surface area contributed by atoms with E-state index in [9.17, 15) is 9.59 Å². The van der Waals surface area contributed by atoms with Gasteiger partial charge in [-0.2, -0.15) is 0 Å². The molecule has 0 aromatic carbocycles. The van der Waals surface area contributed by atoms with Crippen LogP contribution in [0.25, 0.3) is 0 Å². The fourth-order valence-electron chi connectivity index (χ4n) is 2.24. The highest BCUT2D eigenvalue weighted by molar-refractivity contribution is 7.11. The summed E-state index contributed by atoms with van der Waals surface area (Å²) < 4.78 is 0. The first-order valence-electron chi connectivity index (χ1n) is 6.92. The number of piperazine rings is 1. The van der Waals surface area contributed by atoms with Gasteiger partial charge in [-0.25, -0.2) is 0 Å². The molecular formula is C14H21N3O2S. The van der Waals surface area contributed by atoms with Crippen LogP contribution in [0.4, 0.5) is 0 Å². The maximum Gasteiger partial charge on any atom is 0.311 e. The molecule has 1 aromatic rings. The number of aryl methyl sites for hydroxylation is 1. The van der Waals surface area contributed by atoms with Crippen molar-refractivity contribution in [3.05, 3.63) is 21.9 Å². The van der Waals surface area contributed by atoms with Gasteiger partial charge in [-0.3, -0.25) is 9.59 Å². The number of hydrogen-bond acceptors (Lipinski definition) is 4. The highest BCUT2D eigenvalue weighted by Crippen LogP contribution is 2.16. The highest BCUT2D eigenvalue weighted by atomic mass is 32.1. The number of amides is 2. The Bertz CT molecular complexity index is 481. The van der Waals surface area contributed by atoms with Gasteiger partial charge in [0.05, 0.1) is 0 Å². The number of nitrogens with one attached hydrogen (secondary N) is 2. The zero-order valence-electron chi connectivity index (χ0n) is 11.9. The Hall–Kier alpha value is -1.40. The van der Waals surface area contributed by atoms with E-state index in [0.717, 1.165) is 19.5 Å². The third-order valence-corrected chi connectivity index (χ3v) is 4.30. The van der Waals surface area contributed by atoms with Crippen LogP contribution in [0.2, 0.25) is 0 Å². The van der Waals surface area contributed by atoms with Gasteiger partial charge in [0.15, 0.2) is 0 Å². The van der Waals surface area contributed by atoms with Crippen LogP contribution in [0, 0.1) is 6.92 Å². The van der Waals surface area contributed by atoms with Crippen molar-refractivity contribution < 1.29 is 9.59 Å². The van der Waals surface area contributed by atoms with Gasteiger partial charge in [-0.05, 0) is 26.0 Å². The minimum absolute atomic E-state index is 0.0348. The number of hydrogen-bond donors (Lipinski definition) is 2. The van der Waals surface area contributed by atoms with Gasteiger partial charge < -0.3 is 15.5 Å². The third kappa shape index (κ3) is 4.05. The van der Waals surface area contributed by atoms with Gasteiger partial charge in [-0.15, -0.1) is 11.3 Å². The molecule has 0 spiro atoms. The lowest BCUT2D eigenvalue weighted by Gasteiger charge is -2.27. The van der Waals surface area contributed by atoms with Crippen molar-refractivity contribution in [3.8, 4) is 0 Å². The minimum atomic E-state index is -0.493. The second-order valence-corrected chi connectivity index (χ2v) is 6.51. The molecule has 2 amide bonds. The van der Waals surface area contributed by atoms with E-state index in [4.69, 9.17) is 0 Å². The molecule has 0 aliphatic carbocycles. The summed E-state index contributed by atoms with van der Waals surface area (Å²) >= 11 is 1.72. The predicted octanol–water partition coefficient (Wildman–Crippen LogP) is 0.536. The van der Waals surface area contributed by atoms with Gasteiger partial charge >= 0.3 is 11.8 Å². The Balaban J connectivity index is 1.82. The van der Waals surface area contributed by atoms with Gasteiger partial charge in [0.25, 0.3) is 0 Å². The van der Waals surface area contributed by atoms with Crippen molar-refractivity contribution in [1.82, 2.24) is 15.5 Å². The van der Waals surface area contributed by atoms with Crippen molar-refractivity contribution in [3.63, 3.8) is 0 Å². The van der Waals surface area contributed by atoms with Crippen molar-refractivity contribution in [2.24, 2.45) is 0 Å². The fourth-order valence-corrected chi connectivity index (χ4v) is 3.26. The Kier molecular flexibility index (Phi) is 5.14. The van der Waals surface area contributed by atoms with E-state index in [0.29, 0.717) is 13.1 Å². The maximum atomic E-state index is 12.0. The number of nitrogens with zero attached hydrogens (tertiary/aromatic N) is 1. The predicted molar refractivity (Wildman–Crippen MR) is 79.8 cm³/mol. The van der Waals surface area contributed by atoms with E-state index in [1.165, 1.54) is 9.75 Å². The average Bonchev–Trinajstić information content (AvgIpc) is 2.84. The molecule has 6 heteroatoms. The lowest BCUT2D eigenvalue weighted by molar-refractivity contribution is -0.146. The zero-order chi connectivity index (χ0) is 14.5. The quantitative estimate of drug-likeness (QED) is 0.800. The molecule has 1 saturated heterocycles. The van der Waals surface area contributed by atoms with Gasteiger partial charge in [-0.1, -0.05) is 0 Å². The summed E-state index contributed by atoms with van der Waals surface area (Å²) in [5.74, 6) is -0.909. The molecule has 2 rings (SSSR count). The van der Waals surface area contributed by atoms with Crippen molar-refractivity contribution in [2.75, 3.05) is 26.2 Å². The monoisotopic (exact) mass is 295 g/mol. The van der Waals surface area contributed by atoms with Crippen LogP contribution >= 0.6 is 11.3 Å². The molecule has 110 valence electrons. The normalized spacial score (nSPS) is 16.8. The highest BCUT2D eigenvalue weighted by Gasteiger charge is 2.24. The lowest BCUT2D eigenvalue weighted by atomic mass is 10.2. The third-order valence-electron chi connectivity index (χ3n) is 3.28. The molecule has 20 heavy (non-hydrogen) atoms. The fraction of sp³-hybridized carbons (Fsp3) is 0.571. The SMILES string of the molecule is Cc1ccc(CC(C)NC(=O)C(=O)N2CCNCC2)s1. The molecule has 1 aromatic heterocycles. The summed E-state index contributed by atoms with van der Waals surface area (Å²) in [6, 6.07) is 4.11. The van der Waals surface area contributed by atoms with Crippen molar-refractivity contribution >= 4 is 23.2 Å². The lowest BCUT2D eigenvalue weighted by Crippen LogP contribution is -2.52. The van der Waals surface area contributed by atoms with Gasteiger partial charge in [0, 0.05) is 48.4 Å². The molecule has 0 bridgehead atoms. The summed E-state index contributed by atoms with van der Waals surface area (Å²) in [6.07, 6.45) is 0.763.